The van der Waals surface area contributed by atoms with E-state index in [0.717, 1.165) is 50.5 Å². The van der Waals surface area contributed by atoms with Crippen LogP contribution >= 0.6 is 0 Å². The summed E-state index contributed by atoms with van der Waals surface area (Å²) in [6.45, 7) is 6.43. The number of aliphatic carboxylic acids is 1. The van der Waals surface area contributed by atoms with Crippen LogP contribution in [0.25, 0.3) is 0 Å². The number of rotatable bonds is 26. The monoisotopic (exact) mass is 544 g/mol. The van der Waals surface area contributed by atoms with Gasteiger partial charge in [0, 0.05) is 6.42 Å². The number of hydrogen-bond acceptors (Lipinski definition) is 3. The Labute approximate surface area is 240 Å². The molecular formula is C35H60O4. The molecule has 1 N–H and O–H groups in total. The van der Waals surface area contributed by atoms with Crippen LogP contribution in [0.2, 0.25) is 0 Å². The molecule has 4 heteroatoms. The Kier molecular flexibility index (Phi) is 20.7. The van der Waals surface area contributed by atoms with E-state index >= 15 is 0 Å². The van der Waals surface area contributed by atoms with Crippen LogP contribution in [-0.2, 0) is 19.9 Å². The highest BCUT2D eigenvalue weighted by Crippen LogP contribution is 2.42. The Morgan fingerprint density at radius 2 is 1.13 bits per heavy atom. The lowest BCUT2D eigenvalue weighted by Crippen LogP contribution is -2.44. The highest BCUT2D eigenvalue weighted by molar-refractivity contribution is 5.75. The van der Waals surface area contributed by atoms with Gasteiger partial charge >= 0.3 is 11.9 Å². The van der Waals surface area contributed by atoms with Crippen LogP contribution in [0.1, 0.15) is 168 Å². The molecule has 1 rings (SSSR count). The predicted molar refractivity (Wildman–Crippen MR) is 164 cm³/mol. The van der Waals surface area contributed by atoms with Gasteiger partial charge in [-0.05, 0) is 31.2 Å². The molecule has 0 amide bonds. The third kappa shape index (κ3) is 14.9. The van der Waals surface area contributed by atoms with Gasteiger partial charge in [-0.1, -0.05) is 160 Å². The lowest BCUT2D eigenvalue weighted by Gasteiger charge is -2.39. The molecular weight excluding hydrogens is 484 g/mol. The van der Waals surface area contributed by atoms with Gasteiger partial charge in [-0.3, -0.25) is 9.59 Å². The van der Waals surface area contributed by atoms with Crippen molar-refractivity contribution in [2.45, 2.75) is 168 Å². The predicted octanol–water partition coefficient (Wildman–Crippen LogP) is 10.8. The summed E-state index contributed by atoms with van der Waals surface area (Å²) in [5, 5.41) is 10.2. The van der Waals surface area contributed by atoms with E-state index < -0.39 is 17.5 Å². The van der Waals surface area contributed by atoms with Crippen LogP contribution in [0, 0.1) is 5.92 Å². The molecule has 0 aliphatic heterocycles. The van der Waals surface area contributed by atoms with Crippen molar-refractivity contribution in [1.29, 1.82) is 0 Å². The van der Waals surface area contributed by atoms with Crippen molar-refractivity contribution >= 4 is 11.9 Å². The first-order valence-electron chi connectivity index (χ1n) is 16.5. The molecule has 4 nitrogen and oxygen atoms in total. The van der Waals surface area contributed by atoms with Gasteiger partial charge in [-0.25, -0.2) is 0 Å². The molecule has 39 heavy (non-hydrogen) atoms. The van der Waals surface area contributed by atoms with Crippen LogP contribution in [-0.4, -0.2) is 17.0 Å². The Bertz CT molecular complexity index is 731. The van der Waals surface area contributed by atoms with Crippen molar-refractivity contribution < 1.29 is 19.4 Å². The van der Waals surface area contributed by atoms with Gasteiger partial charge in [0.15, 0.2) is 5.60 Å². The van der Waals surface area contributed by atoms with E-state index in [-0.39, 0.29) is 5.97 Å². The van der Waals surface area contributed by atoms with Gasteiger partial charge in [0.1, 0.15) is 5.92 Å². The number of carbonyl (C=O) groups is 2. The van der Waals surface area contributed by atoms with E-state index in [0.29, 0.717) is 19.3 Å². The second-order valence-electron chi connectivity index (χ2n) is 11.6. The van der Waals surface area contributed by atoms with Crippen LogP contribution in [0.3, 0.4) is 0 Å². The van der Waals surface area contributed by atoms with Gasteiger partial charge in [0.05, 0.1) is 0 Å². The molecule has 0 fully saturated rings. The number of unbranched alkanes of at least 4 members (excludes halogenated alkanes) is 16. The number of carbonyl (C=O) groups excluding carboxylic acids is 1. The maximum Gasteiger partial charge on any atom is 0.310 e. The summed E-state index contributed by atoms with van der Waals surface area (Å²) in [7, 11) is 0. The van der Waals surface area contributed by atoms with E-state index in [2.05, 4.69) is 20.8 Å². The Morgan fingerprint density at radius 3 is 1.59 bits per heavy atom. The van der Waals surface area contributed by atoms with Gasteiger partial charge in [0.25, 0.3) is 0 Å². The quantitative estimate of drug-likeness (QED) is 0.0930. The van der Waals surface area contributed by atoms with Crippen molar-refractivity contribution in [3.8, 4) is 0 Å². The highest BCUT2D eigenvalue weighted by Gasteiger charge is 2.47. The van der Waals surface area contributed by atoms with Gasteiger partial charge in [-0.2, -0.15) is 0 Å². The lowest BCUT2D eigenvalue weighted by molar-refractivity contribution is -0.178. The molecule has 2 atom stereocenters. The minimum Gasteiger partial charge on any atom is -0.481 e. The first-order valence-corrected chi connectivity index (χ1v) is 16.5. The molecule has 224 valence electrons. The second kappa shape index (κ2) is 22.9. The van der Waals surface area contributed by atoms with Crippen LogP contribution in [0.4, 0.5) is 0 Å². The number of esters is 1. The lowest BCUT2D eigenvalue weighted by atomic mass is 9.75. The molecule has 0 aromatic heterocycles. The zero-order chi connectivity index (χ0) is 28.6. The first-order chi connectivity index (χ1) is 19.0. The fraction of sp³-hybridized carbons (Fsp3) is 0.771. The Morgan fingerprint density at radius 1 is 0.667 bits per heavy atom. The van der Waals surface area contributed by atoms with Crippen molar-refractivity contribution in [3.05, 3.63) is 35.9 Å². The van der Waals surface area contributed by atoms with E-state index in [1.807, 2.05) is 30.3 Å². The van der Waals surface area contributed by atoms with Gasteiger partial charge < -0.3 is 9.84 Å². The summed E-state index contributed by atoms with van der Waals surface area (Å²) >= 11 is 0. The standard InChI is InChI=1S/C35H60O4/c1-4-7-10-11-12-13-14-15-16-17-18-19-20-21-25-29-33(36)39-35(30-9-6-3,31-26-23-22-24-27-31)32(34(37)38)28-8-5-2/h22-24,26-27,32H,4-21,25,28-30H2,1-3H3,(H,37,38). The maximum absolute atomic E-state index is 13.1. The minimum absolute atomic E-state index is 0.257. The van der Waals surface area contributed by atoms with Crippen molar-refractivity contribution in [3.63, 3.8) is 0 Å². The summed E-state index contributed by atoms with van der Waals surface area (Å²) in [5.74, 6) is -1.87. The Balaban J connectivity index is 2.48. The molecule has 1 aromatic carbocycles. The number of benzene rings is 1. The van der Waals surface area contributed by atoms with E-state index in [1.165, 1.54) is 77.0 Å². The average molecular weight is 545 g/mol. The molecule has 0 aliphatic rings. The smallest absolute Gasteiger partial charge is 0.310 e. The summed E-state index contributed by atoms with van der Waals surface area (Å²) in [4.78, 5) is 25.6. The highest BCUT2D eigenvalue weighted by atomic mass is 16.6. The third-order valence-electron chi connectivity index (χ3n) is 8.15. The number of ether oxygens (including phenoxy) is 1. The van der Waals surface area contributed by atoms with Crippen molar-refractivity contribution in [1.82, 2.24) is 0 Å². The fourth-order valence-electron chi connectivity index (χ4n) is 5.72. The number of hydrogen-bond donors (Lipinski definition) is 1. The molecule has 0 saturated carbocycles. The molecule has 0 aliphatic carbocycles. The topological polar surface area (TPSA) is 63.6 Å². The molecule has 0 heterocycles. The molecule has 2 unspecified atom stereocenters. The summed E-state index contributed by atoms with van der Waals surface area (Å²) in [6.07, 6.45) is 24.1. The summed E-state index contributed by atoms with van der Waals surface area (Å²) in [6, 6.07) is 9.61. The Hall–Kier alpha value is -1.84. The van der Waals surface area contributed by atoms with Gasteiger partial charge in [-0.15, -0.1) is 0 Å². The molecule has 1 aromatic rings. The van der Waals surface area contributed by atoms with Crippen LogP contribution < -0.4 is 0 Å². The van der Waals surface area contributed by atoms with Crippen molar-refractivity contribution in [2.24, 2.45) is 5.92 Å². The van der Waals surface area contributed by atoms with Gasteiger partial charge in [0.2, 0.25) is 0 Å². The maximum atomic E-state index is 13.1. The second-order valence-corrected chi connectivity index (χ2v) is 11.6. The zero-order valence-electron chi connectivity index (χ0n) is 25.7. The van der Waals surface area contributed by atoms with Crippen molar-refractivity contribution in [2.75, 3.05) is 0 Å². The van der Waals surface area contributed by atoms with E-state index in [1.54, 1.807) is 0 Å². The summed E-state index contributed by atoms with van der Waals surface area (Å²) in [5.41, 5.74) is -0.294. The van der Waals surface area contributed by atoms with Crippen LogP contribution in [0.5, 0.6) is 0 Å². The van der Waals surface area contributed by atoms with Crippen LogP contribution in [0.15, 0.2) is 30.3 Å². The summed E-state index contributed by atoms with van der Waals surface area (Å²) < 4.78 is 6.25. The minimum atomic E-state index is -1.11. The SMILES string of the molecule is CCCCCCCCCCCCCCCCCC(=O)OC(CCCC)(c1ccccc1)C(CCCC)C(=O)O. The number of carboxylic acid groups (broad SMARTS) is 1. The fourth-order valence-corrected chi connectivity index (χ4v) is 5.72. The number of carboxylic acids is 1. The molecule has 0 saturated heterocycles. The van der Waals surface area contributed by atoms with E-state index in [9.17, 15) is 14.7 Å². The largest absolute Gasteiger partial charge is 0.481 e. The zero-order valence-corrected chi connectivity index (χ0v) is 25.7. The average Bonchev–Trinajstić information content (AvgIpc) is 2.94. The molecule has 0 radical (unpaired) electrons. The normalized spacial score (nSPS) is 13.6. The third-order valence-corrected chi connectivity index (χ3v) is 8.15. The first kappa shape index (κ1) is 35.2. The molecule has 0 bridgehead atoms. The molecule has 0 spiro atoms. The van der Waals surface area contributed by atoms with E-state index in [4.69, 9.17) is 4.74 Å².